The number of amidine groups is 1. The Bertz CT molecular complexity index is 1580. The van der Waals surface area contributed by atoms with Crippen LogP contribution >= 0.6 is 11.6 Å². The number of carbonyl (C=O) groups excluding carboxylic acids is 2. The molecule has 10 nitrogen and oxygen atoms in total. The van der Waals surface area contributed by atoms with Gasteiger partial charge in [0.2, 0.25) is 5.92 Å². The second kappa shape index (κ2) is 12.9. The molecule has 2 N–H and O–H groups in total. The average molecular weight is 648 g/mol. The molecule has 1 aliphatic carbocycles. The normalized spacial score (nSPS) is 23.7. The van der Waals surface area contributed by atoms with Crippen molar-refractivity contribution in [1.29, 1.82) is 5.26 Å². The number of likely N-dealkylation sites (tertiary alicyclic amines) is 1. The van der Waals surface area contributed by atoms with E-state index in [1.54, 1.807) is 6.07 Å². The number of halogens is 5. The molecule has 45 heavy (non-hydrogen) atoms. The SMILES string of the molecule is N#CC1C=CN=C(N2C(=O)[C@H](O)C[C@H]2[N+](=O)N(c2cc(F)cc(F)c2)[C@@H](C(=O)NC2CCC(F)(F)CC2)c2ccccc2Cl)C1. The molecule has 2 heterocycles. The topological polar surface area (TPSA) is 129 Å². The van der Waals surface area contributed by atoms with Crippen molar-refractivity contribution in [3.05, 3.63) is 81.9 Å². The van der Waals surface area contributed by atoms with Crippen molar-refractivity contribution in [3.63, 3.8) is 0 Å². The molecule has 2 aromatic carbocycles. The van der Waals surface area contributed by atoms with Crippen LogP contribution in [0.2, 0.25) is 5.02 Å². The van der Waals surface area contributed by atoms with Gasteiger partial charge < -0.3 is 10.4 Å². The number of hydrazine groups is 1. The van der Waals surface area contributed by atoms with Crippen LogP contribution in [-0.2, 0) is 9.59 Å². The number of nitrogens with one attached hydrogen (secondary N) is 1. The molecule has 2 aliphatic heterocycles. The van der Waals surface area contributed by atoms with E-state index in [2.05, 4.69) is 10.3 Å². The fourth-order valence-corrected chi connectivity index (χ4v) is 5.98. The summed E-state index contributed by atoms with van der Waals surface area (Å²) in [5.41, 5.74) is -0.408. The second-order valence-electron chi connectivity index (χ2n) is 11.1. The Morgan fingerprint density at radius 3 is 2.51 bits per heavy atom. The summed E-state index contributed by atoms with van der Waals surface area (Å²) in [4.78, 5) is 46.9. The summed E-state index contributed by atoms with van der Waals surface area (Å²) in [6.45, 7) is 0. The average Bonchev–Trinajstić information content (AvgIpc) is 3.30. The van der Waals surface area contributed by atoms with Gasteiger partial charge in [0.05, 0.1) is 23.3 Å². The smallest absolute Gasteiger partial charge is 0.319 e. The zero-order chi connectivity index (χ0) is 32.5. The number of hydrogen-bond acceptors (Lipinski definition) is 6. The van der Waals surface area contributed by atoms with E-state index >= 15 is 0 Å². The maximum Gasteiger partial charge on any atom is 0.319 e. The Morgan fingerprint density at radius 2 is 1.87 bits per heavy atom. The Balaban J connectivity index is 1.61. The van der Waals surface area contributed by atoms with Crippen LogP contribution in [-0.4, -0.2) is 56.8 Å². The van der Waals surface area contributed by atoms with Gasteiger partial charge in [-0.15, -0.1) is 0 Å². The third-order valence-electron chi connectivity index (χ3n) is 7.98. The van der Waals surface area contributed by atoms with Gasteiger partial charge in [0.25, 0.3) is 11.8 Å². The first-order valence-corrected chi connectivity index (χ1v) is 14.5. The van der Waals surface area contributed by atoms with Crippen LogP contribution in [0, 0.1) is 33.8 Å². The van der Waals surface area contributed by atoms with E-state index in [0.717, 1.165) is 17.0 Å². The molecule has 5 rings (SSSR count). The lowest BCUT2D eigenvalue weighted by atomic mass is 9.91. The molecule has 0 spiro atoms. The van der Waals surface area contributed by atoms with E-state index in [1.807, 2.05) is 6.07 Å². The van der Waals surface area contributed by atoms with E-state index in [4.69, 9.17) is 11.6 Å². The lowest BCUT2D eigenvalue weighted by Gasteiger charge is -2.32. The number of hydrogen-bond donors (Lipinski definition) is 2. The summed E-state index contributed by atoms with van der Waals surface area (Å²) in [6, 6.07) is 7.67. The first kappa shape index (κ1) is 32.1. The molecule has 0 radical (unpaired) electrons. The number of nitrogens with zero attached hydrogens (tertiary/aromatic N) is 5. The van der Waals surface area contributed by atoms with Gasteiger partial charge in [-0.05, 0) is 25.0 Å². The molecule has 2 fully saturated rings. The van der Waals surface area contributed by atoms with Crippen LogP contribution in [0.1, 0.15) is 50.1 Å². The van der Waals surface area contributed by atoms with Gasteiger partial charge in [0, 0.05) is 60.3 Å². The number of rotatable bonds is 7. The molecule has 0 bridgehead atoms. The van der Waals surface area contributed by atoms with Crippen molar-refractivity contribution in [2.45, 2.75) is 68.8 Å². The Labute approximate surface area is 260 Å². The summed E-state index contributed by atoms with van der Waals surface area (Å²) in [6.07, 6.45) is -2.14. The number of nitriles is 1. The summed E-state index contributed by atoms with van der Waals surface area (Å²) < 4.78 is 57.0. The molecular formula is C30H28ClF4N6O4+. The molecule has 15 heteroatoms. The first-order valence-electron chi connectivity index (χ1n) is 14.2. The van der Waals surface area contributed by atoms with Gasteiger partial charge in [0.15, 0.2) is 6.04 Å². The van der Waals surface area contributed by atoms with E-state index in [9.17, 15) is 42.4 Å². The van der Waals surface area contributed by atoms with Crippen LogP contribution in [0.3, 0.4) is 0 Å². The quantitative estimate of drug-likeness (QED) is 0.249. The molecule has 1 unspecified atom stereocenters. The fraction of sp³-hybridized carbons (Fsp3) is 0.400. The van der Waals surface area contributed by atoms with Gasteiger partial charge in [-0.3, -0.25) is 9.59 Å². The number of benzene rings is 2. The van der Waals surface area contributed by atoms with Crippen molar-refractivity contribution in [2.75, 3.05) is 5.01 Å². The van der Waals surface area contributed by atoms with Crippen LogP contribution in [0.15, 0.2) is 59.7 Å². The molecule has 2 amide bonds. The number of anilines is 1. The van der Waals surface area contributed by atoms with E-state index in [-0.39, 0.29) is 40.6 Å². The summed E-state index contributed by atoms with van der Waals surface area (Å²) in [5, 5.41) is 23.4. The number of aliphatic imine (C=N–C) groups is 1. The van der Waals surface area contributed by atoms with Crippen molar-refractivity contribution >= 4 is 34.9 Å². The largest absolute Gasteiger partial charge is 0.383 e. The minimum Gasteiger partial charge on any atom is -0.383 e. The van der Waals surface area contributed by atoms with E-state index < -0.39 is 84.6 Å². The highest BCUT2D eigenvalue weighted by molar-refractivity contribution is 6.31. The standard InChI is InChI=1S/C30H27ClF4N6O4/c31-23-4-2-1-3-22(23)27(28(43)38-20-5-8-30(34,35)9-6-20)40(21-13-18(32)12-19(33)14-21)41(45)26-15-24(42)29(44)39(26)25-11-17(16-36)7-10-37-25/h1-4,7,10,12-14,17,20,24,26-27,42H,5-6,8-9,11,15H2/p+1/t17?,24-,26-,27-/m1/s1. The number of carbonyl (C=O) groups is 2. The zero-order valence-electron chi connectivity index (χ0n) is 23.6. The lowest BCUT2D eigenvalue weighted by Crippen LogP contribution is -2.55. The van der Waals surface area contributed by atoms with Crippen molar-refractivity contribution in [1.82, 2.24) is 10.2 Å². The Morgan fingerprint density at radius 1 is 1.20 bits per heavy atom. The molecule has 0 aromatic heterocycles. The van der Waals surface area contributed by atoms with Crippen LogP contribution in [0.4, 0.5) is 23.2 Å². The van der Waals surface area contributed by atoms with Gasteiger partial charge in [-0.25, -0.2) is 27.5 Å². The fourth-order valence-electron chi connectivity index (χ4n) is 5.74. The number of nitroso groups, excluding NO2 is 1. The number of allylic oxidation sites excluding steroid dienone is 1. The molecule has 2 aromatic rings. The monoisotopic (exact) mass is 647 g/mol. The highest BCUT2D eigenvalue weighted by Crippen LogP contribution is 2.37. The summed E-state index contributed by atoms with van der Waals surface area (Å²) >= 11 is 6.49. The van der Waals surface area contributed by atoms with Crippen LogP contribution in [0.5, 0.6) is 0 Å². The predicted molar refractivity (Wildman–Crippen MR) is 154 cm³/mol. The lowest BCUT2D eigenvalue weighted by molar-refractivity contribution is -0.615. The zero-order valence-corrected chi connectivity index (χ0v) is 24.4. The van der Waals surface area contributed by atoms with Gasteiger partial charge in [-0.1, -0.05) is 34.8 Å². The summed E-state index contributed by atoms with van der Waals surface area (Å²) in [5.74, 6) is -7.56. The minimum atomic E-state index is -2.89. The van der Waals surface area contributed by atoms with Crippen molar-refractivity contribution in [2.24, 2.45) is 10.9 Å². The van der Waals surface area contributed by atoms with Crippen molar-refractivity contribution < 1.29 is 37.1 Å². The van der Waals surface area contributed by atoms with Gasteiger partial charge >= 0.3 is 6.17 Å². The predicted octanol–water partition coefficient (Wildman–Crippen LogP) is 4.93. The maximum atomic E-state index is 14.6. The summed E-state index contributed by atoms with van der Waals surface area (Å²) in [7, 11) is 0. The van der Waals surface area contributed by atoms with E-state index in [0.29, 0.717) is 11.1 Å². The van der Waals surface area contributed by atoms with Crippen LogP contribution < -0.4 is 10.3 Å². The number of amides is 2. The van der Waals surface area contributed by atoms with Gasteiger partial charge in [0.1, 0.15) is 34.1 Å². The molecule has 236 valence electrons. The highest BCUT2D eigenvalue weighted by atomic mass is 35.5. The minimum absolute atomic E-state index is 0.00106. The highest BCUT2D eigenvalue weighted by Gasteiger charge is 2.55. The van der Waals surface area contributed by atoms with Crippen molar-refractivity contribution in [3.8, 4) is 6.07 Å². The Kier molecular flexibility index (Phi) is 9.22. The number of aliphatic hydroxyl groups excluding tert-OH is 1. The Hall–Kier alpha value is -4.35. The number of alkyl halides is 2. The van der Waals surface area contributed by atoms with Crippen LogP contribution in [0.25, 0.3) is 0 Å². The second-order valence-corrected chi connectivity index (χ2v) is 11.5. The molecule has 1 saturated heterocycles. The third-order valence-corrected chi connectivity index (χ3v) is 8.32. The molecular weight excluding hydrogens is 620 g/mol. The molecule has 3 aliphatic rings. The first-order chi connectivity index (χ1) is 21.4. The van der Waals surface area contributed by atoms with E-state index in [1.165, 1.54) is 30.5 Å². The van der Waals surface area contributed by atoms with Gasteiger partial charge in [-0.2, -0.15) is 5.26 Å². The third kappa shape index (κ3) is 6.84. The molecule has 4 atom stereocenters. The maximum absolute atomic E-state index is 14.6. The molecule has 1 saturated carbocycles. The number of aliphatic hydroxyl groups is 1.